The SMILES string of the molecule is [Y].[Y].[Y].c1ccc2c(c1)CO[C-]1OCc3ccccc3C21. The summed E-state index contributed by atoms with van der Waals surface area (Å²) in [4.78, 5) is 0. The van der Waals surface area contributed by atoms with E-state index in [2.05, 4.69) is 48.5 Å². The van der Waals surface area contributed by atoms with Crippen LogP contribution in [0.3, 0.4) is 0 Å². The predicted octanol–water partition coefficient (Wildman–Crippen LogP) is 3.36. The van der Waals surface area contributed by atoms with Crippen molar-refractivity contribution in [2.24, 2.45) is 0 Å². The Morgan fingerprint density at radius 1 is 0.714 bits per heavy atom. The molecule has 0 unspecified atom stereocenters. The van der Waals surface area contributed by atoms with Gasteiger partial charge in [0.25, 0.3) is 0 Å². The van der Waals surface area contributed by atoms with Gasteiger partial charge < -0.3 is 9.47 Å². The molecule has 2 heterocycles. The summed E-state index contributed by atoms with van der Waals surface area (Å²) in [5.41, 5.74) is 5.13. The van der Waals surface area contributed by atoms with Gasteiger partial charge in [0.15, 0.2) is 0 Å². The number of hydrogen-bond acceptors (Lipinski definition) is 2. The van der Waals surface area contributed by atoms with Gasteiger partial charge in [0.2, 0.25) is 0 Å². The fourth-order valence-corrected chi connectivity index (χ4v) is 2.82. The van der Waals surface area contributed by atoms with Crippen LogP contribution in [0.1, 0.15) is 28.2 Å². The Morgan fingerprint density at radius 2 is 1.14 bits per heavy atom. The summed E-state index contributed by atoms with van der Waals surface area (Å²) in [6, 6.07) is 16.9. The van der Waals surface area contributed by atoms with E-state index in [9.17, 15) is 0 Å². The third-order valence-corrected chi connectivity index (χ3v) is 3.71. The van der Waals surface area contributed by atoms with Crippen molar-refractivity contribution in [1.29, 1.82) is 0 Å². The smallest absolute Gasteiger partial charge is 0.0398 e. The molecule has 4 rings (SSSR count). The Hall–Kier alpha value is 1.67. The van der Waals surface area contributed by atoms with Gasteiger partial charge in [0.1, 0.15) is 0 Å². The predicted molar refractivity (Wildman–Crippen MR) is 67.5 cm³/mol. The molecule has 0 amide bonds. The third-order valence-electron chi connectivity index (χ3n) is 3.71. The molecule has 0 saturated carbocycles. The van der Waals surface area contributed by atoms with Crippen LogP contribution < -0.4 is 0 Å². The minimum absolute atomic E-state index is 0. The molecule has 0 bridgehead atoms. The van der Waals surface area contributed by atoms with Gasteiger partial charge in [-0.2, -0.15) is 0 Å². The van der Waals surface area contributed by atoms with E-state index in [0.29, 0.717) is 13.2 Å². The fraction of sp³-hybridized carbons (Fsp3) is 0.188. The van der Waals surface area contributed by atoms with E-state index in [1.165, 1.54) is 22.3 Å². The first kappa shape index (κ1) is 20.7. The Labute approximate surface area is 200 Å². The summed E-state index contributed by atoms with van der Waals surface area (Å²) < 4.78 is 11.5. The molecule has 2 aromatic rings. The molecule has 99 valence electrons. The normalized spacial score (nSPS) is 16.2. The maximum absolute atomic E-state index is 5.76. The molecule has 0 spiro atoms. The topological polar surface area (TPSA) is 18.5 Å². The number of fused-ring (bicyclic) bond motifs is 5. The van der Waals surface area contributed by atoms with E-state index in [0.717, 1.165) is 6.29 Å². The van der Waals surface area contributed by atoms with E-state index >= 15 is 0 Å². The van der Waals surface area contributed by atoms with Gasteiger partial charge in [-0.15, -0.1) is 0 Å². The largest absolute Gasteiger partial charge is 0.517 e. The van der Waals surface area contributed by atoms with Gasteiger partial charge in [-0.05, 0) is 11.1 Å². The fourth-order valence-electron chi connectivity index (χ4n) is 2.82. The first-order chi connectivity index (χ1) is 8.93. The average molecular weight is 504 g/mol. The molecular weight excluding hydrogens is 491 g/mol. The van der Waals surface area contributed by atoms with Crippen LogP contribution >= 0.6 is 0 Å². The van der Waals surface area contributed by atoms with Crippen LogP contribution in [0.2, 0.25) is 0 Å². The van der Waals surface area contributed by atoms with Crippen molar-refractivity contribution in [2.75, 3.05) is 0 Å². The molecular formula is C16H13O2Y3-. The van der Waals surface area contributed by atoms with Gasteiger partial charge in [0, 0.05) is 111 Å². The summed E-state index contributed by atoms with van der Waals surface area (Å²) in [5.74, 6) is 0.139. The Balaban J connectivity index is 0.000000735. The van der Waals surface area contributed by atoms with E-state index < -0.39 is 0 Å². The summed E-state index contributed by atoms with van der Waals surface area (Å²) in [7, 11) is 0. The molecule has 3 radical (unpaired) electrons. The molecule has 0 saturated heterocycles. The van der Waals surface area contributed by atoms with E-state index in [1.807, 2.05) is 0 Å². The maximum atomic E-state index is 5.76. The van der Waals surface area contributed by atoms with Crippen molar-refractivity contribution in [3.63, 3.8) is 0 Å². The van der Waals surface area contributed by atoms with Crippen LogP contribution in [0.15, 0.2) is 48.5 Å². The molecule has 2 aromatic carbocycles. The standard InChI is InChI=1S/C16H13O2.3Y/c1-3-7-13-11(5-1)9-17-16-15(13)14-8-4-2-6-12(14)10-18-16;;;/h1-8,15H,9-10H2;;;/q-1;;;. The zero-order valence-electron chi connectivity index (χ0n) is 11.7. The second-order valence-electron chi connectivity index (χ2n) is 4.73. The molecule has 0 atom stereocenters. The molecule has 0 fully saturated rings. The van der Waals surface area contributed by atoms with E-state index in [-0.39, 0.29) is 104 Å². The van der Waals surface area contributed by atoms with Crippen molar-refractivity contribution in [2.45, 2.75) is 19.1 Å². The first-order valence-electron chi connectivity index (χ1n) is 6.21. The van der Waals surface area contributed by atoms with Crippen molar-refractivity contribution in [3.8, 4) is 0 Å². The van der Waals surface area contributed by atoms with Crippen LogP contribution in [-0.4, -0.2) is 0 Å². The van der Waals surface area contributed by atoms with Crippen LogP contribution in [0.5, 0.6) is 0 Å². The molecule has 0 N–H and O–H groups in total. The molecule has 2 nitrogen and oxygen atoms in total. The second-order valence-corrected chi connectivity index (χ2v) is 4.73. The van der Waals surface area contributed by atoms with Crippen LogP contribution in [0.25, 0.3) is 0 Å². The monoisotopic (exact) mass is 504 g/mol. The average Bonchev–Trinajstić information content (AvgIpc) is 2.46. The maximum Gasteiger partial charge on any atom is 0.0398 e. The molecule has 2 aliphatic rings. The van der Waals surface area contributed by atoms with Gasteiger partial charge in [-0.25, -0.2) is 0 Å². The van der Waals surface area contributed by atoms with Gasteiger partial charge in [-0.1, -0.05) is 71.9 Å². The third kappa shape index (κ3) is 4.02. The van der Waals surface area contributed by atoms with Gasteiger partial charge in [0.05, 0.1) is 0 Å². The molecule has 5 heteroatoms. The van der Waals surface area contributed by atoms with Crippen LogP contribution in [0, 0.1) is 6.29 Å². The summed E-state index contributed by atoms with van der Waals surface area (Å²) in [6.45, 7) is 1.23. The van der Waals surface area contributed by atoms with Gasteiger partial charge in [-0.3, -0.25) is 0 Å². The minimum atomic E-state index is 0. The van der Waals surface area contributed by atoms with Crippen LogP contribution in [-0.2, 0) is 121 Å². The second kappa shape index (κ2) is 9.23. The molecule has 0 aromatic heterocycles. The quantitative estimate of drug-likeness (QED) is 0.513. The summed E-state index contributed by atoms with van der Waals surface area (Å²) in [6.07, 6.45) is 0.757. The first-order valence-corrected chi connectivity index (χ1v) is 6.21. The number of hydrogen-bond donors (Lipinski definition) is 0. The van der Waals surface area contributed by atoms with Gasteiger partial charge >= 0.3 is 0 Å². The summed E-state index contributed by atoms with van der Waals surface area (Å²) >= 11 is 0. The Kier molecular flexibility index (Phi) is 9.11. The number of ether oxygens (including phenoxy) is 2. The zero-order chi connectivity index (χ0) is 11.9. The van der Waals surface area contributed by atoms with E-state index in [4.69, 9.17) is 9.47 Å². The van der Waals surface area contributed by atoms with Crippen molar-refractivity contribution in [3.05, 3.63) is 77.1 Å². The van der Waals surface area contributed by atoms with Crippen LogP contribution in [0.4, 0.5) is 0 Å². The molecule has 2 aliphatic heterocycles. The summed E-state index contributed by atoms with van der Waals surface area (Å²) in [5, 5.41) is 0. The Morgan fingerprint density at radius 3 is 1.62 bits per heavy atom. The van der Waals surface area contributed by atoms with Crippen molar-refractivity contribution >= 4 is 0 Å². The zero-order valence-corrected chi connectivity index (χ0v) is 20.2. The minimum Gasteiger partial charge on any atom is -0.517 e. The van der Waals surface area contributed by atoms with E-state index in [1.54, 1.807) is 0 Å². The number of rotatable bonds is 0. The number of benzene rings is 2. The molecule has 0 aliphatic carbocycles. The van der Waals surface area contributed by atoms with Crippen molar-refractivity contribution in [1.82, 2.24) is 0 Å². The Bertz CT molecular complexity index is 552. The molecule has 21 heavy (non-hydrogen) atoms. The van der Waals surface area contributed by atoms with Crippen molar-refractivity contribution < 1.29 is 108 Å².